The topological polar surface area (TPSA) is 93.8 Å². The number of alkyl halides is 3. The molecule has 0 aliphatic carbocycles. The summed E-state index contributed by atoms with van der Waals surface area (Å²) in [4.78, 5) is 19.5. The lowest BCUT2D eigenvalue weighted by atomic mass is 10.2. The Kier molecular flexibility index (Phi) is 6.36. The molecule has 0 radical (unpaired) electrons. The van der Waals surface area contributed by atoms with Crippen molar-refractivity contribution in [1.82, 2.24) is 24.7 Å². The molecule has 0 saturated heterocycles. The number of aromatic carboxylic acids is 1. The molecule has 3 heterocycles. The number of halogens is 3. The third-order valence-corrected chi connectivity index (χ3v) is 8.17. The monoisotopic (exact) mass is 545 g/mol. The Labute approximate surface area is 214 Å². The van der Waals surface area contributed by atoms with Crippen LogP contribution in [0.3, 0.4) is 0 Å². The molecule has 0 saturated carbocycles. The van der Waals surface area contributed by atoms with Gasteiger partial charge in [0.05, 0.1) is 10.6 Å². The molecule has 0 aliphatic rings. The Balaban J connectivity index is 1.61. The molecule has 182 valence electrons. The summed E-state index contributed by atoms with van der Waals surface area (Å²) in [5, 5.41) is 18.8. The molecule has 0 atom stereocenters. The Morgan fingerprint density at radius 3 is 2.25 bits per heavy atom. The van der Waals surface area contributed by atoms with Gasteiger partial charge in [-0.25, -0.2) is 14.8 Å². The van der Waals surface area contributed by atoms with Crippen molar-refractivity contribution < 1.29 is 23.1 Å². The second-order valence-electron chi connectivity index (χ2n) is 7.34. The zero-order valence-corrected chi connectivity index (χ0v) is 20.7. The molecule has 5 rings (SSSR count). The molecule has 0 fully saturated rings. The van der Waals surface area contributed by atoms with Gasteiger partial charge in [-0.15, -0.1) is 21.5 Å². The molecule has 7 nitrogen and oxygen atoms in total. The zero-order chi connectivity index (χ0) is 25.4. The van der Waals surface area contributed by atoms with Crippen molar-refractivity contribution in [1.29, 1.82) is 0 Å². The van der Waals surface area contributed by atoms with Crippen LogP contribution in [-0.4, -0.2) is 35.8 Å². The van der Waals surface area contributed by atoms with Gasteiger partial charge >= 0.3 is 12.1 Å². The number of hydrogen-bond acceptors (Lipinski definition) is 8. The number of carbonyl (C=O) groups is 1. The number of rotatable bonds is 6. The van der Waals surface area contributed by atoms with Crippen LogP contribution in [0.15, 0.2) is 70.2 Å². The van der Waals surface area contributed by atoms with Crippen LogP contribution in [0.2, 0.25) is 0 Å². The molecular formula is C23H14F3N5O2S3. The van der Waals surface area contributed by atoms with Crippen molar-refractivity contribution in [3.05, 3.63) is 76.9 Å². The number of hydrogen-bond donors (Lipinski definition) is 1. The highest BCUT2D eigenvalue weighted by Crippen LogP contribution is 2.42. The van der Waals surface area contributed by atoms with Crippen LogP contribution in [0.4, 0.5) is 13.2 Å². The second kappa shape index (κ2) is 9.48. The van der Waals surface area contributed by atoms with E-state index in [0.717, 1.165) is 32.9 Å². The molecule has 0 bridgehead atoms. The summed E-state index contributed by atoms with van der Waals surface area (Å²) < 4.78 is 41.6. The van der Waals surface area contributed by atoms with E-state index in [0.29, 0.717) is 22.8 Å². The molecule has 2 aromatic carbocycles. The zero-order valence-electron chi connectivity index (χ0n) is 18.2. The standard InChI is InChI=1S/C23H14F3N5O2S3/c1-12-15(34-19(27-12)13-8-4-2-5-9-13)18-29-30-21(31(18)14-10-6-3-7-11-14)36-22-28-17(23(24,25)26)16(35-22)20(32)33/h2-11H,1H3,(H,32,33). The molecule has 0 amide bonds. The summed E-state index contributed by atoms with van der Waals surface area (Å²) in [6, 6.07) is 18.8. The lowest BCUT2D eigenvalue weighted by molar-refractivity contribution is -0.141. The van der Waals surface area contributed by atoms with Crippen LogP contribution < -0.4 is 0 Å². The summed E-state index contributed by atoms with van der Waals surface area (Å²) in [5.41, 5.74) is 0.919. The average Bonchev–Trinajstić information content (AvgIpc) is 3.57. The van der Waals surface area contributed by atoms with E-state index in [1.165, 1.54) is 11.3 Å². The first-order chi connectivity index (χ1) is 17.2. The highest BCUT2D eigenvalue weighted by atomic mass is 32.2. The van der Waals surface area contributed by atoms with Gasteiger partial charge in [-0.3, -0.25) is 4.57 Å². The van der Waals surface area contributed by atoms with Gasteiger partial charge in [0.25, 0.3) is 0 Å². The van der Waals surface area contributed by atoms with E-state index in [9.17, 15) is 23.1 Å². The fraction of sp³-hybridized carbons (Fsp3) is 0.0870. The highest BCUT2D eigenvalue weighted by Gasteiger charge is 2.40. The quantitative estimate of drug-likeness (QED) is 0.254. The molecule has 0 aliphatic heterocycles. The fourth-order valence-electron chi connectivity index (χ4n) is 3.36. The van der Waals surface area contributed by atoms with E-state index in [2.05, 4.69) is 20.2 Å². The van der Waals surface area contributed by atoms with Gasteiger partial charge in [0.2, 0.25) is 5.16 Å². The lowest BCUT2D eigenvalue weighted by Gasteiger charge is -2.08. The average molecular weight is 546 g/mol. The van der Waals surface area contributed by atoms with Gasteiger partial charge in [0.1, 0.15) is 9.88 Å². The maximum Gasteiger partial charge on any atom is 0.435 e. The minimum absolute atomic E-state index is 0.109. The maximum atomic E-state index is 13.4. The number of aromatic nitrogens is 5. The van der Waals surface area contributed by atoms with E-state index in [1.54, 1.807) is 4.57 Å². The minimum Gasteiger partial charge on any atom is -0.477 e. The third-order valence-electron chi connectivity index (χ3n) is 4.92. The van der Waals surface area contributed by atoms with Gasteiger partial charge < -0.3 is 5.11 Å². The van der Waals surface area contributed by atoms with E-state index < -0.39 is 22.7 Å². The Bertz CT molecular complexity index is 1550. The fourth-order valence-corrected chi connectivity index (χ4v) is 6.36. The summed E-state index contributed by atoms with van der Waals surface area (Å²) in [6.07, 6.45) is -4.89. The summed E-state index contributed by atoms with van der Waals surface area (Å²) in [7, 11) is 0. The minimum atomic E-state index is -4.89. The predicted octanol–water partition coefficient (Wildman–Crippen LogP) is 6.69. The van der Waals surface area contributed by atoms with Crippen LogP contribution in [0.5, 0.6) is 0 Å². The Hall–Kier alpha value is -3.55. The number of carboxylic acid groups (broad SMARTS) is 1. The third kappa shape index (κ3) is 4.64. The molecule has 3 aromatic heterocycles. The maximum absolute atomic E-state index is 13.4. The van der Waals surface area contributed by atoms with Crippen LogP contribution in [0.1, 0.15) is 21.1 Å². The van der Waals surface area contributed by atoms with E-state index in [4.69, 9.17) is 0 Å². The number of benzene rings is 2. The van der Waals surface area contributed by atoms with Crippen LogP contribution in [0, 0.1) is 6.92 Å². The molecule has 13 heteroatoms. The highest BCUT2D eigenvalue weighted by molar-refractivity contribution is 8.00. The van der Waals surface area contributed by atoms with Crippen molar-refractivity contribution in [3.63, 3.8) is 0 Å². The summed E-state index contributed by atoms with van der Waals surface area (Å²) in [6.45, 7) is 1.85. The summed E-state index contributed by atoms with van der Waals surface area (Å²) in [5.74, 6) is -1.22. The first-order valence-corrected chi connectivity index (χ1v) is 12.7. The van der Waals surface area contributed by atoms with E-state index in [-0.39, 0.29) is 9.50 Å². The van der Waals surface area contributed by atoms with E-state index >= 15 is 0 Å². The number of aryl methyl sites for hydroxylation is 1. The summed E-state index contributed by atoms with van der Waals surface area (Å²) >= 11 is 2.69. The van der Waals surface area contributed by atoms with Crippen molar-refractivity contribution in [2.24, 2.45) is 0 Å². The van der Waals surface area contributed by atoms with Crippen LogP contribution >= 0.6 is 34.4 Å². The van der Waals surface area contributed by atoms with Crippen molar-refractivity contribution >= 4 is 40.4 Å². The first kappa shape index (κ1) is 24.2. The first-order valence-electron chi connectivity index (χ1n) is 10.3. The predicted molar refractivity (Wildman–Crippen MR) is 131 cm³/mol. The van der Waals surface area contributed by atoms with Gasteiger partial charge in [0.15, 0.2) is 15.9 Å². The van der Waals surface area contributed by atoms with Crippen LogP contribution in [-0.2, 0) is 6.18 Å². The SMILES string of the molecule is Cc1nc(-c2ccccc2)sc1-c1nnc(Sc2nc(C(F)(F)F)c(C(=O)O)s2)n1-c1ccccc1. The molecule has 36 heavy (non-hydrogen) atoms. The van der Waals surface area contributed by atoms with Crippen molar-refractivity contribution in [2.75, 3.05) is 0 Å². The molecule has 0 spiro atoms. The smallest absolute Gasteiger partial charge is 0.435 e. The molecule has 0 unspecified atom stereocenters. The van der Waals surface area contributed by atoms with Crippen molar-refractivity contribution in [2.45, 2.75) is 22.6 Å². The Morgan fingerprint density at radius 1 is 0.972 bits per heavy atom. The van der Waals surface area contributed by atoms with Gasteiger partial charge in [-0.1, -0.05) is 59.9 Å². The number of carboxylic acids is 1. The molecule has 1 N–H and O–H groups in total. The van der Waals surface area contributed by atoms with Gasteiger partial charge in [0, 0.05) is 11.3 Å². The molecular weight excluding hydrogens is 531 g/mol. The van der Waals surface area contributed by atoms with Gasteiger partial charge in [-0.2, -0.15) is 13.2 Å². The normalized spacial score (nSPS) is 11.7. The largest absolute Gasteiger partial charge is 0.477 e. The number of para-hydroxylation sites is 1. The second-order valence-corrected chi connectivity index (χ2v) is 10.6. The van der Waals surface area contributed by atoms with Crippen molar-refractivity contribution in [3.8, 4) is 27.0 Å². The van der Waals surface area contributed by atoms with Crippen LogP contribution in [0.25, 0.3) is 27.0 Å². The molecule has 5 aromatic rings. The Morgan fingerprint density at radius 2 is 1.64 bits per heavy atom. The number of thiazole rings is 2. The van der Waals surface area contributed by atoms with Gasteiger partial charge in [-0.05, 0) is 30.8 Å². The van der Waals surface area contributed by atoms with E-state index in [1.807, 2.05) is 67.6 Å². The lowest BCUT2D eigenvalue weighted by Crippen LogP contribution is -2.11. The number of nitrogens with zero attached hydrogens (tertiary/aromatic N) is 5.